The van der Waals surface area contributed by atoms with Crippen molar-refractivity contribution in [3.8, 4) is 0 Å². The fourth-order valence-electron chi connectivity index (χ4n) is 1.03. The Morgan fingerprint density at radius 3 is 2.40 bits per heavy atom. The lowest BCUT2D eigenvalue weighted by molar-refractivity contribution is 1.25. The summed E-state index contributed by atoms with van der Waals surface area (Å²) in [7, 11) is 0. The molecule has 15 heavy (non-hydrogen) atoms. The molecule has 0 aromatic heterocycles. The third-order valence-electron chi connectivity index (χ3n) is 1.82. The number of hydrogen-bond acceptors (Lipinski definition) is 3. The molecule has 0 saturated heterocycles. The number of nitrogens with zero attached hydrogens (tertiary/aromatic N) is 2. The molecule has 1 aromatic rings. The van der Waals surface area contributed by atoms with Gasteiger partial charge in [0.15, 0.2) is 0 Å². The number of rotatable bonds is 1. The Bertz CT molecular complexity index is 384. The minimum atomic E-state index is 0.579. The van der Waals surface area contributed by atoms with Crippen molar-refractivity contribution in [1.82, 2.24) is 0 Å². The lowest BCUT2D eigenvalue weighted by atomic mass is 10.1. The highest BCUT2D eigenvalue weighted by Crippen LogP contribution is 2.12. The molecule has 0 amide bonds. The molecule has 3 nitrogen and oxygen atoms in total. The fraction of sp³-hybridized carbons (Fsp3) is 0.200. The molecule has 0 heterocycles. The van der Waals surface area contributed by atoms with Crippen LogP contribution in [0.4, 0.5) is 0 Å². The molecule has 0 unspecified atom stereocenters. The molecule has 80 valence electrons. The van der Waals surface area contributed by atoms with Crippen molar-refractivity contribution in [2.45, 2.75) is 6.92 Å². The minimum absolute atomic E-state index is 0.579. The van der Waals surface area contributed by atoms with Gasteiger partial charge in [0.2, 0.25) is 5.17 Å². The highest BCUT2D eigenvalue weighted by atomic mass is 79.9. The third kappa shape index (κ3) is 3.68. The van der Waals surface area contributed by atoms with Gasteiger partial charge in [-0.05, 0) is 30.9 Å². The van der Waals surface area contributed by atoms with Gasteiger partial charge in [-0.15, -0.1) is 0 Å². The summed E-state index contributed by atoms with van der Waals surface area (Å²) in [6.07, 6.45) is 1.89. The van der Waals surface area contributed by atoms with Crippen LogP contribution in [0.5, 0.6) is 0 Å². The van der Waals surface area contributed by atoms with Gasteiger partial charge in [-0.3, -0.25) is 0 Å². The molecule has 1 rings (SSSR count). The summed E-state index contributed by atoms with van der Waals surface area (Å²) in [5.74, 6) is 5.19. The summed E-state index contributed by atoms with van der Waals surface area (Å²) >= 11 is 4.81. The van der Waals surface area contributed by atoms with E-state index < -0.39 is 0 Å². The first-order valence-electron chi connectivity index (χ1n) is 4.30. The van der Waals surface area contributed by atoms with E-state index in [1.165, 1.54) is 11.8 Å². The van der Waals surface area contributed by atoms with Crippen LogP contribution in [-0.4, -0.2) is 17.1 Å². The molecule has 0 aliphatic heterocycles. The molecule has 1 aromatic carbocycles. The number of thioether (sulfide) groups is 1. The molecule has 0 saturated carbocycles. The summed E-state index contributed by atoms with van der Waals surface area (Å²) in [5.41, 5.74) is 1.97. The van der Waals surface area contributed by atoms with Gasteiger partial charge < -0.3 is 5.84 Å². The van der Waals surface area contributed by atoms with Crippen molar-refractivity contribution in [2.24, 2.45) is 15.9 Å². The van der Waals surface area contributed by atoms with E-state index in [1.54, 1.807) is 0 Å². The molecular weight excluding hydrogens is 274 g/mol. The minimum Gasteiger partial charge on any atom is -0.321 e. The summed E-state index contributed by atoms with van der Waals surface area (Å²) in [5, 5.41) is 4.15. The Morgan fingerprint density at radius 2 is 1.93 bits per heavy atom. The SMILES string of the molecule is CSC(=N\N)/N=C(\C)c1ccc(Br)cc1. The van der Waals surface area contributed by atoms with Crippen molar-refractivity contribution >= 4 is 38.6 Å². The van der Waals surface area contributed by atoms with E-state index in [1.807, 2.05) is 37.4 Å². The quantitative estimate of drug-likeness (QED) is 0.373. The van der Waals surface area contributed by atoms with E-state index in [0.29, 0.717) is 5.17 Å². The summed E-state index contributed by atoms with van der Waals surface area (Å²) in [6, 6.07) is 7.95. The Labute approximate surface area is 102 Å². The van der Waals surface area contributed by atoms with Crippen LogP contribution in [0.15, 0.2) is 38.8 Å². The van der Waals surface area contributed by atoms with Crippen molar-refractivity contribution in [3.05, 3.63) is 34.3 Å². The van der Waals surface area contributed by atoms with E-state index in [-0.39, 0.29) is 0 Å². The topological polar surface area (TPSA) is 50.7 Å². The summed E-state index contributed by atoms with van der Waals surface area (Å²) in [6.45, 7) is 1.94. The zero-order valence-electron chi connectivity index (χ0n) is 8.57. The predicted molar refractivity (Wildman–Crippen MR) is 71.5 cm³/mol. The van der Waals surface area contributed by atoms with Gasteiger partial charge in [-0.1, -0.05) is 39.8 Å². The van der Waals surface area contributed by atoms with Crippen LogP contribution in [0, 0.1) is 0 Å². The number of nitrogens with two attached hydrogens (primary N) is 1. The van der Waals surface area contributed by atoms with E-state index >= 15 is 0 Å². The fourth-order valence-corrected chi connectivity index (χ4v) is 1.62. The molecule has 0 aliphatic carbocycles. The first kappa shape index (κ1) is 12.3. The Balaban J connectivity index is 2.93. The molecule has 0 fully saturated rings. The zero-order chi connectivity index (χ0) is 11.3. The van der Waals surface area contributed by atoms with Crippen molar-refractivity contribution in [2.75, 3.05) is 6.26 Å². The smallest absolute Gasteiger partial charge is 0.205 e. The van der Waals surface area contributed by atoms with Crippen LogP contribution in [0.2, 0.25) is 0 Å². The normalized spacial score (nSPS) is 13.0. The van der Waals surface area contributed by atoms with E-state index in [9.17, 15) is 0 Å². The number of aliphatic imine (C=N–C) groups is 1. The Morgan fingerprint density at radius 1 is 1.33 bits per heavy atom. The second kappa shape index (κ2) is 5.92. The number of amidine groups is 1. The molecule has 5 heteroatoms. The van der Waals surface area contributed by atoms with Gasteiger partial charge in [-0.25, -0.2) is 4.99 Å². The number of hydrazone groups is 1. The second-order valence-electron chi connectivity index (χ2n) is 2.82. The highest BCUT2D eigenvalue weighted by Gasteiger charge is 1.99. The summed E-state index contributed by atoms with van der Waals surface area (Å²) in [4.78, 5) is 4.30. The number of benzene rings is 1. The predicted octanol–water partition coefficient (Wildman–Crippen LogP) is 2.85. The van der Waals surface area contributed by atoms with Crippen LogP contribution in [-0.2, 0) is 0 Å². The van der Waals surface area contributed by atoms with Crippen LogP contribution in [0.25, 0.3) is 0 Å². The lowest BCUT2D eigenvalue weighted by Gasteiger charge is -2.01. The monoisotopic (exact) mass is 285 g/mol. The van der Waals surface area contributed by atoms with E-state index in [2.05, 4.69) is 26.0 Å². The standard InChI is InChI=1S/C10H12BrN3S/c1-7(13-10(14-12)15-2)8-3-5-9(11)6-4-8/h3-6H,12H2,1-2H3/b13-7+,14-10-. The van der Waals surface area contributed by atoms with Crippen LogP contribution >= 0.6 is 27.7 Å². The first-order valence-corrected chi connectivity index (χ1v) is 6.32. The maximum atomic E-state index is 5.19. The molecule has 0 radical (unpaired) electrons. The van der Waals surface area contributed by atoms with Gasteiger partial charge in [0.1, 0.15) is 0 Å². The molecular formula is C10H12BrN3S. The maximum Gasteiger partial charge on any atom is 0.205 e. The van der Waals surface area contributed by atoms with Gasteiger partial charge in [0.05, 0.1) is 0 Å². The molecule has 0 bridgehead atoms. The van der Waals surface area contributed by atoms with Gasteiger partial charge in [0, 0.05) is 10.2 Å². The van der Waals surface area contributed by atoms with E-state index in [4.69, 9.17) is 5.84 Å². The van der Waals surface area contributed by atoms with Crippen molar-refractivity contribution in [3.63, 3.8) is 0 Å². The number of halogens is 1. The van der Waals surface area contributed by atoms with Crippen LogP contribution in [0.3, 0.4) is 0 Å². The summed E-state index contributed by atoms with van der Waals surface area (Å²) < 4.78 is 1.05. The van der Waals surface area contributed by atoms with E-state index in [0.717, 1.165) is 15.7 Å². The average Bonchev–Trinajstić information content (AvgIpc) is 2.26. The van der Waals surface area contributed by atoms with Gasteiger partial charge >= 0.3 is 0 Å². The molecule has 2 N–H and O–H groups in total. The average molecular weight is 286 g/mol. The second-order valence-corrected chi connectivity index (χ2v) is 4.51. The third-order valence-corrected chi connectivity index (χ3v) is 2.91. The lowest BCUT2D eigenvalue weighted by Crippen LogP contribution is -2.00. The Kier molecular flexibility index (Phi) is 4.84. The van der Waals surface area contributed by atoms with Gasteiger partial charge in [-0.2, -0.15) is 5.10 Å². The van der Waals surface area contributed by atoms with Crippen LogP contribution in [0.1, 0.15) is 12.5 Å². The molecule has 0 spiro atoms. The maximum absolute atomic E-state index is 5.19. The zero-order valence-corrected chi connectivity index (χ0v) is 11.0. The first-order chi connectivity index (χ1) is 7.17. The van der Waals surface area contributed by atoms with Crippen molar-refractivity contribution in [1.29, 1.82) is 0 Å². The molecule has 0 atom stereocenters. The Hall–Kier alpha value is -0.810. The van der Waals surface area contributed by atoms with Gasteiger partial charge in [0.25, 0.3) is 0 Å². The number of hydrogen-bond donors (Lipinski definition) is 1. The largest absolute Gasteiger partial charge is 0.321 e. The highest BCUT2D eigenvalue weighted by molar-refractivity contribution is 9.10. The van der Waals surface area contributed by atoms with Crippen LogP contribution < -0.4 is 5.84 Å². The van der Waals surface area contributed by atoms with Crippen molar-refractivity contribution < 1.29 is 0 Å². The molecule has 0 aliphatic rings.